The Morgan fingerprint density at radius 1 is 0.485 bits per heavy atom. The summed E-state index contributed by atoms with van der Waals surface area (Å²) in [7, 11) is 4.89. The Labute approximate surface area is 221 Å². The van der Waals surface area contributed by atoms with E-state index in [2.05, 4.69) is 27.9 Å². The molecular weight excluding hydrogens is 566 g/mol. The third kappa shape index (κ3) is 43.2. The monoisotopic (exact) mass is 625 g/mol. The molecule has 0 saturated carbocycles. The summed E-state index contributed by atoms with van der Waals surface area (Å²) in [5.74, 6) is 0. The Kier molecular flexibility index (Phi) is 31.5. The number of hydrogen-bond acceptors (Lipinski definition) is 2. The molecule has 0 aliphatic heterocycles. The van der Waals surface area contributed by atoms with E-state index >= 15 is 0 Å². The van der Waals surface area contributed by atoms with Crippen molar-refractivity contribution >= 4 is 0 Å². The quantitative estimate of drug-likeness (QED) is 0.105. The van der Waals surface area contributed by atoms with Crippen LogP contribution in [0, 0.1) is 0 Å². The summed E-state index contributed by atoms with van der Waals surface area (Å²) in [6.45, 7) is 7.37. The van der Waals surface area contributed by atoms with Crippen LogP contribution in [0.25, 0.3) is 0 Å². The van der Waals surface area contributed by atoms with E-state index in [0.29, 0.717) is 0 Å². The minimum atomic E-state index is -5.52. The molecule has 204 valence electrons. The Balaban J connectivity index is -0.00000134. The van der Waals surface area contributed by atoms with E-state index in [4.69, 9.17) is 14.3 Å². The third-order valence-corrected chi connectivity index (χ3v) is 6.23. The molecule has 0 atom stereocenters. The fraction of sp³-hybridized carbons (Fsp3) is 1.00. The molecule has 0 amide bonds. The summed E-state index contributed by atoms with van der Waals surface area (Å²) in [5, 5.41) is 0. The van der Waals surface area contributed by atoms with Crippen LogP contribution in [0.2, 0.25) is 0 Å². The van der Waals surface area contributed by atoms with Crippen molar-refractivity contribution in [1.82, 2.24) is 0 Å². The first kappa shape index (κ1) is 38.2. The fourth-order valence-electron chi connectivity index (χ4n) is 4.17. The van der Waals surface area contributed by atoms with Gasteiger partial charge >= 0.3 is 31.1 Å². The van der Waals surface area contributed by atoms with Crippen molar-refractivity contribution in [1.29, 1.82) is 0 Å². The zero-order chi connectivity index (χ0) is 24.6. The zero-order valence-electron chi connectivity index (χ0n) is 22.5. The molecule has 0 heterocycles. The predicted molar refractivity (Wildman–Crippen MR) is 131 cm³/mol. The van der Waals surface area contributed by atoms with Gasteiger partial charge in [0, 0.05) is 0 Å². The molecule has 0 unspecified atom stereocenters. The molecular formula is C26H58BrMoNO4. The molecule has 0 aromatic heterocycles. The molecule has 0 rings (SSSR count). The summed E-state index contributed by atoms with van der Waals surface area (Å²) in [6, 6.07) is 0. The zero-order valence-corrected chi connectivity index (χ0v) is 26.1. The fourth-order valence-corrected chi connectivity index (χ4v) is 4.17. The molecule has 0 saturated heterocycles. The Hall–Kier alpha value is 0.648. The third-order valence-electron chi connectivity index (χ3n) is 6.23. The SMILES string of the molecule is CCCCCCCCCCCC[N+](C)(C)CCCCCCCCCCCC.[Br-].[O]=[Mo](=[O])([OH])[OH]. The molecule has 2 N–H and O–H groups in total. The van der Waals surface area contributed by atoms with Crippen LogP contribution in [0.5, 0.6) is 0 Å². The number of halogens is 1. The Morgan fingerprint density at radius 2 is 0.667 bits per heavy atom. The first-order valence-corrected chi connectivity index (χ1v) is 17.1. The number of quaternary nitrogens is 1. The second-order valence-corrected chi connectivity index (χ2v) is 12.4. The van der Waals surface area contributed by atoms with Gasteiger partial charge in [-0.15, -0.1) is 0 Å². The van der Waals surface area contributed by atoms with Crippen LogP contribution in [0.15, 0.2) is 0 Å². The van der Waals surface area contributed by atoms with E-state index in [-0.39, 0.29) is 17.0 Å². The number of unbranched alkanes of at least 4 members (excludes halogenated alkanes) is 18. The molecule has 33 heavy (non-hydrogen) atoms. The van der Waals surface area contributed by atoms with E-state index in [1.54, 1.807) is 0 Å². The second-order valence-electron chi connectivity index (χ2n) is 10.2. The maximum atomic E-state index is 8.85. The standard InChI is InChI=1S/C26H56N.BrH.Mo.2H2O.2O/c1-5-7-9-11-13-15-17-19-21-23-25-27(3,4)26-24-22-20-18-16-14-12-10-8-6-2;;;;;;/h5-26H2,1-4H3;1H;;2*1H2;;/q+1;;+2;;;;/p-3. The van der Waals surface area contributed by atoms with Crippen LogP contribution in [-0.2, 0) is 23.5 Å². The molecule has 7 heteroatoms. The van der Waals surface area contributed by atoms with Gasteiger partial charge in [0.2, 0.25) is 0 Å². The molecule has 5 nitrogen and oxygen atoms in total. The number of nitrogens with zero attached hydrogens (tertiary/aromatic N) is 1. The van der Waals surface area contributed by atoms with Crippen molar-refractivity contribution in [3.63, 3.8) is 0 Å². The van der Waals surface area contributed by atoms with E-state index in [9.17, 15) is 0 Å². The summed E-state index contributed by atoms with van der Waals surface area (Å²) in [5.41, 5.74) is 0. The Morgan fingerprint density at radius 3 is 0.879 bits per heavy atom. The van der Waals surface area contributed by atoms with Gasteiger partial charge in [-0.1, -0.05) is 117 Å². The summed E-state index contributed by atoms with van der Waals surface area (Å²) in [6.07, 6.45) is 29.0. The van der Waals surface area contributed by atoms with Crippen molar-refractivity contribution in [2.24, 2.45) is 0 Å². The van der Waals surface area contributed by atoms with Gasteiger partial charge in [-0.3, -0.25) is 0 Å². The van der Waals surface area contributed by atoms with Crippen LogP contribution >= 0.6 is 0 Å². The Bertz CT molecular complexity index is 439. The molecule has 0 aliphatic carbocycles. The number of rotatable bonds is 22. The van der Waals surface area contributed by atoms with Gasteiger partial charge in [-0.25, -0.2) is 0 Å². The van der Waals surface area contributed by atoms with E-state index in [1.165, 1.54) is 146 Å². The minimum absolute atomic E-state index is 0. The average Bonchev–Trinajstić information content (AvgIpc) is 2.69. The van der Waals surface area contributed by atoms with Crippen LogP contribution in [0.4, 0.5) is 0 Å². The van der Waals surface area contributed by atoms with Crippen LogP contribution in [0.1, 0.15) is 142 Å². The summed E-state index contributed by atoms with van der Waals surface area (Å²) >= 11 is -5.52. The normalized spacial score (nSPS) is 11.6. The molecule has 0 bridgehead atoms. The van der Waals surface area contributed by atoms with Crippen molar-refractivity contribution < 1.29 is 52.5 Å². The molecule has 0 aromatic carbocycles. The molecule has 0 fully saturated rings. The van der Waals surface area contributed by atoms with Gasteiger partial charge in [-0.2, -0.15) is 0 Å². The number of hydrogen-bond donors (Lipinski definition) is 2. The molecule has 0 aliphatic rings. The van der Waals surface area contributed by atoms with Crippen molar-refractivity contribution in [2.75, 3.05) is 27.2 Å². The van der Waals surface area contributed by atoms with E-state index < -0.39 is 16.7 Å². The van der Waals surface area contributed by atoms with Gasteiger partial charge in [0.1, 0.15) is 0 Å². The maximum absolute atomic E-state index is 8.85. The van der Waals surface area contributed by atoms with Gasteiger partial charge in [0.25, 0.3) is 0 Å². The van der Waals surface area contributed by atoms with E-state index in [0.717, 1.165) is 0 Å². The predicted octanol–water partition coefficient (Wildman–Crippen LogP) is 4.55. The van der Waals surface area contributed by atoms with Crippen LogP contribution < -0.4 is 17.0 Å². The topological polar surface area (TPSA) is 74.6 Å². The molecule has 0 spiro atoms. The van der Waals surface area contributed by atoms with Crippen LogP contribution in [-0.4, -0.2) is 39.2 Å². The van der Waals surface area contributed by atoms with E-state index in [1.807, 2.05) is 0 Å². The first-order valence-electron chi connectivity index (χ1n) is 13.6. The van der Waals surface area contributed by atoms with Gasteiger partial charge in [-0.05, 0) is 25.7 Å². The molecule has 0 radical (unpaired) electrons. The first-order chi connectivity index (χ1) is 15.1. The van der Waals surface area contributed by atoms with Gasteiger partial charge in [0.15, 0.2) is 0 Å². The van der Waals surface area contributed by atoms with Gasteiger partial charge in [0.05, 0.1) is 27.2 Å². The summed E-state index contributed by atoms with van der Waals surface area (Å²) in [4.78, 5) is 0. The van der Waals surface area contributed by atoms with Crippen molar-refractivity contribution in [3.8, 4) is 0 Å². The van der Waals surface area contributed by atoms with Gasteiger partial charge < -0.3 is 21.5 Å². The molecule has 0 aromatic rings. The van der Waals surface area contributed by atoms with Crippen molar-refractivity contribution in [3.05, 3.63) is 0 Å². The van der Waals surface area contributed by atoms with Crippen molar-refractivity contribution in [2.45, 2.75) is 142 Å². The summed E-state index contributed by atoms with van der Waals surface area (Å²) < 4.78 is 33.3. The average molecular weight is 625 g/mol. The second kappa shape index (κ2) is 27.2. The van der Waals surface area contributed by atoms with Crippen LogP contribution in [0.3, 0.4) is 0 Å².